The predicted octanol–water partition coefficient (Wildman–Crippen LogP) is 0.156. The molecule has 45 heavy (non-hydrogen) atoms. The molecule has 0 spiro atoms. The lowest BCUT2D eigenvalue weighted by atomic mass is 9.95. The molecule has 0 saturated carbocycles. The lowest BCUT2D eigenvalue weighted by molar-refractivity contribution is -0.133. The van der Waals surface area contributed by atoms with Gasteiger partial charge in [-0.2, -0.15) is 0 Å². The normalized spacial score (nSPS) is 13.7. The Bertz CT molecular complexity index is 1410. The van der Waals surface area contributed by atoms with Gasteiger partial charge in [-0.15, -0.1) is 0 Å². The molecule has 1 aromatic heterocycles. The van der Waals surface area contributed by atoms with Crippen molar-refractivity contribution in [1.29, 1.82) is 0 Å². The van der Waals surface area contributed by atoms with Crippen molar-refractivity contribution in [3.63, 3.8) is 0 Å². The highest BCUT2D eigenvalue weighted by atomic mass is 16.3. The summed E-state index contributed by atoms with van der Waals surface area (Å²) < 4.78 is 0. The van der Waals surface area contributed by atoms with Crippen LogP contribution in [0, 0.1) is 13.8 Å². The molecular weight excluding hydrogens is 576 g/mol. The Balaban J connectivity index is 1.83. The summed E-state index contributed by atoms with van der Waals surface area (Å²) in [6, 6.07) is 8.11. The minimum Gasteiger partial charge on any atom is -0.508 e. The average Bonchev–Trinajstić information content (AvgIpc) is 3.50. The number of primary amides is 1. The van der Waals surface area contributed by atoms with E-state index in [0.29, 0.717) is 25.1 Å². The molecule has 4 atom stereocenters. The summed E-state index contributed by atoms with van der Waals surface area (Å²) in [7, 11) is 0. The number of benzene rings is 2. The van der Waals surface area contributed by atoms with Crippen LogP contribution >= 0.6 is 0 Å². The van der Waals surface area contributed by atoms with Gasteiger partial charge in [-0.05, 0) is 74.0 Å². The van der Waals surface area contributed by atoms with Gasteiger partial charge in [-0.25, -0.2) is 4.98 Å². The Labute approximate surface area is 262 Å². The molecule has 0 radical (unpaired) electrons. The third-order valence-electron chi connectivity index (χ3n) is 7.58. The molecule has 0 bridgehead atoms. The van der Waals surface area contributed by atoms with Crippen LogP contribution in [0.3, 0.4) is 0 Å². The van der Waals surface area contributed by atoms with Crippen LogP contribution in [0.5, 0.6) is 5.75 Å². The molecule has 11 N–H and O–H groups in total. The summed E-state index contributed by atoms with van der Waals surface area (Å²) in [6.45, 7) is 3.98. The number of phenolic OH excluding ortho intramolecular Hbond substituents is 1. The Hall–Kier alpha value is -4.75. The molecule has 4 amide bonds. The molecule has 0 fully saturated rings. The highest BCUT2D eigenvalue weighted by Crippen LogP contribution is 2.22. The SMILES string of the molecule is Cc1cc(O)cc(C)c1C[C@H](NC(=O)[C@@H](N)Cc1cnc[nH]1)C(=O)N[C@@H](CCCCN)C(=O)N[C@@H](Cc1ccccc1)C(N)=O. The maximum atomic E-state index is 13.8. The van der Waals surface area contributed by atoms with E-state index in [4.69, 9.17) is 17.2 Å². The number of aryl methyl sites for hydroxylation is 2. The summed E-state index contributed by atoms with van der Waals surface area (Å²) in [4.78, 5) is 59.6. The zero-order valence-corrected chi connectivity index (χ0v) is 25.7. The molecule has 0 saturated heterocycles. The number of nitrogens with zero attached hydrogens (tertiary/aromatic N) is 1. The largest absolute Gasteiger partial charge is 0.508 e. The van der Waals surface area contributed by atoms with Crippen LogP contribution in [0.25, 0.3) is 0 Å². The van der Waals surface area contributed by atoms with Gasteiger partial charge in [0.15, 0.2) is 0 Å². The van der Waals surface area contributed by atoms with E-state index in [1.54, 1.807) is 32.2 Å². The van der Waals surface area contributed by atoms with Gasteiger partial charge in [-0.1, -0.05) is 30.3 Å². The van der Waals surface area contributed by atoms with Crippen molar-refractivity contribution in [3.8, 4) is 5.75 Å². The molecule has 0 unspecified atom stereocenters. The van der Waals surface area contributed by atoms with Gasteiger partial charge in [0.1, 0.15) is 23.9 Å². The van der Waals surface area contributed by atoms with Crippen LogP contribution < -0.4 is 33.2 Å². The number of carbonyl (C=O) groups excluding carboxylic acids is 4. The van der Waals surface area contributed by atoms with Crippen LogP contribution in [-0.4, -0.2) is 69.4 Å². The Morgan fingerprint density at radius 2 is 1.49 bits per heavy atom. The number of amides is 4. The van der Waals surface area contributed by atoms with E-state index in [0.717, 1.165) is 22.3 Å². The zero-order valence-electron chi connectivity index (χ0n) is 25.7. The van der Waals surface area contributed by atoms with Gasteiger partial charge < -0.3 is 43.2 Å². The van der Waals surface area contributed by atoms with E-state index < -0.39 is 47.8 Å². The highest BCUT2D eigenvalue weighted by Gasteiger charge is 2.31. The van der Waals surface area contributed by atoms with Gasteiger partial charge >= 0.3 is 0 Å². The van der Waals surface area contributed by atoms with E-state index >= 15 is 0 Å². The van der Waals surface area contributed by atoms with Crippen LogP contribution in [-0.2, 0) is 38.4 Å². The van der Waals surface area contributed by atoms with Crippen molar-refractivity contribution in [2.45, 2.75) is 76.5 Å². The molecule has 0 aliphatic rings. The van der Waals surface area contributed by atoms with Crippen LogP contribution in [0.2, 0.25) is 0 Å². The first kappa shape index (κ1) is 34.7. The quantitative estimate of drug-likeness (QED) is 0.0966. The van der Waals surface area contributed by atoms with Gasteiger partial charge in [0.25, 0.3) is 0 Å². The van der Waals surface area contributed by atoms with Crippen molar-refractivity contribution in [2.24, 2.45) is 17.2 Å². The first-order valence-corrected chi connectivity index (χ1v) is 14.9. The standard InChI is InChI=1S/C32H44N8O5/c1-19-12-23(41)13-20(2)24(19)16-28(40-30(43)25(34)15-22-17-36-18-37-22)32(45)38-26(10-6-7-11-33)31(44)39-27(29(35)42)14-21-8-4-3-5-9-21/h3-5,8-9,12-13,17-18,25-28,41H,6-7,10-11,14-16,33-34H2,1-2H3,(H2,35,42)(H,36,37)(H,38,45)(H,39,44)(H,40,43)/t25-,26-,27-,28-/m0/s1. The van der Waals surface area contributed by atoms with E-state index in [2.05, 4.69) is 25.9 Å². The fourth-order valence-electron chi connectivity index (χ4n) is 5.09. The van der Waals surface area contributed by atoms with Gasteiger partial charge in [0, 0.05) is 31.2 Å². The number of hydrogen-bond acceptors (Lipinski definition) is 8. The summed E-state index contributed by atoms with van der Waals surface area (Å²) in [5.41, 5.74) is 21.1. The number of hydrogen-bond donors (Lipinski definition) is 8. The summed E-state index contributed by atoms with van der Waals surface area (Å²) in [5.74, 6) is -2.40. The predicted molar refractivity (Wildman–Crippen MR) is 170 cm³/mol. The highest BCUT2D eigenvalue weighted by molar-refractivity contribution is 5.94. The first-order chi connectivity index (χ1) is 21.5. The van der Waals surface area contributed by atoms with E-state index in [1.807, 2.05) is 30.3 Å². The number of unbranched alkanes of at least 4 members (excludes halogenated alkanes) is 1. The number of H-pyrrole nitrogens is 1. The van der Waals surface area contributed by atoms with Crippen LogP contribution in [0.15, 0.2) is 55.0 Å². The monoisotopic (exact) mass is 620 g/mol. The van der Waals surface area contributed by atoms with Gasteiger partial charge in [0.2, 0.25) is 23.6 Å². The molecule has 1 heterocycles. The zero-order chi connectivity index (χ0) is 32.9. The molecule has 0 aliphatic heterocycles. The summed E-state index contributed by atoms with van der Waals surface area (Å²) >= 11 is 0. The molecule has 13 nitrogen and oxygen atoms in total. The molecule has 2 aromatic carbocycles. The molecule has 242 valence electrons. The Morgan fingerprint density at radius 1 is 0.867 bits per heavy atom. The van der Waals surface area contributed by atoms with Crippen molar-refractivity contribution in [1.82, 2.24) is 25.9 Å². The molecule has 3 aromatic rings. The lowest BCUT2D eigenvalue weighted by Gasteiger charge is -2.26. The maximum Gasteiger partial charge on any atom is 0.243 e. The molecular formula is C32H44N8O5. The van der Waals surface area contributed by atoms with Gasteiger partial charge in [-0.3, -0.25) is 19.2 Å². The molecule has 3 rings (SSSR count). The Morgan fingerprint density at radius 3 is 2.09 bits per heavy atom. The number of nitrogens with one attached hydrogen (secondary N) is 4. The fourth-order valence-corrected chi connectivity index (χ4v) is 5.09. The second kappa shape index (κ2) is 16.9. The van der Waals surface area contributed by atoms with Crippen molar-refractivity contribution >= 4 is 23.6 Å². The number of rotatable bonds is 17. The van der Waals surface area contributed by atoms with Crippen LogP contribution in [0.4, 0.5) is 0 Å². The second-order valence-electron chi connectivity index (χ2n) is 11.2. The number of phenols is 1. The smallest absolute Gasteiger partial charge is 0.243 e. The van der Waals surface area contributed by atoms with Crippen LogP contribution in [0.1, 0.15) is 47.2 Å². The van der Waals surface area contributed by atoms with Crippen molar-refractivity contribution in [2.75, 3.05) is 6.54 Å². The topological polar surface area (TPSA) is 231 Å². The van der Waals surface area contributed by atoms with Crippen molar-refractivity contribution < 1.29 is 24.3 Å². The minimum atomic E-state index is -1.12. The summed E-state index contributed by atoms with van der Waals surface area (Å²) in [6.07, 6.45) is 4.82. The second-order valence-corrected chi connectivity index (χ2v) is 11.2. The molecule has 0 aliphatic carbocycles. The average molecular weight is 621 g/mol. The minimum absolute atomic E-state index is 0.0708. The Kier molecular flexibility index (Phi) is 13.1. The van der Waals surface area contributed by atoms with E-state index in [-0.39, 0.29) is 31.4 Å². The lowest BCUT2D eigenvalue weighted by Crippen LogP contribution is -2.58. The van der Waals surface area contributed by atoms with Gasteiger partial charge in [0.05, 0.1) is 12.4 Å². The number of nitrogens with two attached hydrogens (primary N) is 3. The third kappa shape index (κ3) is 10.7. The first-order valence-electron chi connectivity index (χ1n) is 14.9. The summed E-state index contributed by atoms with van der Waals surface area (Å²) in [5, 5.41) is 18.2. The van der Waals surface area contributed by atoms with E-state index in [9.17, 15) is 24.3 Å². The number of aromatic amines is 1. The fraction of sp³-hybridized carbons (Fsp3) is 0.406. The van der Waals surface area contributed by atoms with Crippen molar-refractivity contribution in [3.05, 3.63) is 82.9 Å². The number of carbonyl (C=O) groups is 4. The number of aromatic nitrogens is 2. The maximum absolute atomic E-state index is 13.8. The number of imidazole rings is 1. The third-order valence-corrected chi connectivity index (χ3v) is 7.58. The number of aromatic hydroxyl groups is 1. The van der Waals surface area contributed by atoms with E-state index in [1.165, 1.54) is 6.33 Å². The molecule has 13 heteroatoms.